The van der Waals surface area contributed by atoms with E-state index in [0.717, 1.165) is 16.8 Å². The highest BCUT2D eigenvalue weighted by Crippen LogP contribution is 2.31. The summed E-state index contributed by atoms with van der Waals surface area (Å²) < 4.78 is 27.8. The Balaban J connectivity index is 1.96. The molecule has 0 unspecified atom stereocenters. The first-order chi connectivity index (χ1) is 11.8. The summed E-state index contributed by atoms with van der Waals surface area (Å²) in [5.74, 6) is -0.0189. The Hall–Kier alpha value is -2.18. The number of nitrogens with zero attached hydrogens (tertiary/aromatic N) is 2. The van der Waals surface area contributed by atoms with Gasteiger partial charge in [0.25, 0.3) is 0 Å². The number of amides is 1. The maximum Gasteiger partial charge on any atom is 0.243 e. The van der Waals surface area contributed by atoms with Gasteiger partial charge in [-0.1, -0.05) is 30.3 Å². The van der Waals surface area contributed by atoms with E-state index in [1.165, 1.54) is 4.31 Å². The lowest BCUT2D eigenvalue weighted by Gasteiger charge is -2.26. The Bertz CT molecular complexity index is 892. The van der Waals surface area contributed by atoms with Crippen LogP contribution < -0.4 is 4.90 Å². The van der Waals surface area contributed by atoms with E-state index in [9.17, 15) is 13.2 Å². The average Bonchev–Trinajstić information content (AvgIpc) is 2.87. The lowest BCUT2D eigenvalue weighted by atomic mass is 10.2. The zero-order valence-corrected chi connectivity index (χ0v) is 15.5. The molecule has 0 aromatic heterocycles. The molecule has 1 aliphatic heterocycles. The highest BCUT2D eigenvalue weighted by molar-refractivity contribution is 7.89. The highest BCUT2D eigenvalue weighted by atomic mass is 32.2. The van der Waals surface area contributed by atoms with Crippen molar-refractivity contribution in [3.63, 3.8) is 0 Å². The van der Waals surface area contributed by atoms with Crippen molar-refractivity contribution in [3.8, 4) is 0 Å². The van der Waals surface area contributed by atoms with E-state index in [0.29, 0.717) is 6.54 Å². The number of rotatable bonds is 5. The van der Waals surface area contributed by atoms with E-state index < -0.39 is 10.0 Å². The number of carbonyl (C=O) groups is 1. The topological polar surface area (TPSA) is 57.7 Å². The van der Waals surface area contributed by atoms with Crippen LogP contribution in [0.1, 0.15) is 25.0 Å². The minimum absolute atomic E-state index is 0.0189. The molecule has 0 saturated carbocycles. The molecule has 0 fully saturated rings. The molecule has 0 aliphatic carbocycles. The summed E-state index contributed by atoms with van der Waals surface area (Å²) in [4.78, 5) is 13.6. The van der Waals surface area contributed by atoms with Gasteiger partial charge in [-0.25, -0.2) is 8.42 Å². The number of sulfonamides is 1. The van der Waals surface area contributed by atoms with E-state index >= 15 is 0 Å². The molecule has 0 N–H and O–H groups in total. The Kier molecular flexibility index (Phi) is 4.67. The number of fused-ring (bicyclic) bond motifs is 1. The summed E-state index contributed by atoms with van der Waals surface area (Å²) in [6, 6.07) is 14.3. The monoisotopic (exact) mass is 358 g/mol. The molecule has 1 heterocycles. The predicted octanol–water partition coefficient (Wildman–Crippen LogP) is 2.80. The molecule has 0 atom stereocenters. The lowest BCUT2D eigenvalue weighted by molar-refractivity contribution is -0.117. The van der Waals surface area contributed by atoms with Crippen LogP contribution in [-0.4, -0.2) is 31.7 Å². The summed E-state index contributed by atoms with van der Waals surface area (Å²) >= 11 is 0. The van der Waals surface area contributed by atoms with Crippen LogP contribution in [-0.2, 0) is 27.8 Å². The van der Waals surface area contributed by atoms with Gasteiger partial charge in [0, 0.05) is 25.3 Å². The van der Waals surface area contributed by atoms with Gasteiger partial charge in [0.1, 0.15) is 0 Å². The minimum Gasteiger partial charge on any atom is -0.315 e. The van der Waals surface area contributed by atoms with Crippen LogP contribution in [0.15, 0.2) is 53.4 Å². The quantitative estimate of drug-likeness (QED) is 0.826. The van der Waals surface area contributed by atoms with E-state index in [-0.39, 0.29) is 23.3 Å². The van der Waals surface area contributed by atoms with Gasteiger partial charge in [-0.3, -0.25) is 4.79 Å². The van der Waals surface area contributed by atoms with Crippen LogP contribution in [0.5, 0.6) is 0 Å². The number of hydrogen-bond donors (Lipinski definition) is 0. The average molecular weight is 358 g/mol. The second-order valence-corrected chi connectivity index (χ2v) is 8.44. The van der Waals surface area contributed by atoms with E-state index in [2.05, 4.69) is 0 Å². The maximum absolute atomic E-state index is 13.2. The molecule has 3 rings (SSSR count). The fourth-order valence-electron chi connectivity index (χ4n) is 3.05. The molecule has 2 aromatic carbocycles. The molecule has 0 radical (unpaired) electrons. The molecule has 0 spiro atoms. The van der Waals surface area contributed by atoms with Gasteiger partial charge in [0.2, 0.25) is 15.9 Å². The number of hydrogen-bond acceptors (Lipinski definition) is 3. The fraction of sp³-hybridized carbons (Fsp3) is 0.316. The highest BCUT2D eigenvalue weighted by Gasteiger charge is 2.30. The van der Waals surface area contributed by atoms with Gasteiger partial charge in [-0.15, -0.1) is 0 Å². The van der Waals surface area contributed by atoms with Crippen molar-refractivity contribution in [3.05, 3.63) is 59.7 Å². The van der Waals surface area contributed by atoms with Crippen molar-refractivity contribution in [1.82, 2.24) is 4.31 Å². The van der Waals surface area contributed by atoms with Crippen LogP contribution in [0.2, 0.25) is 0 Å². The zero-order valence-electron chi connectivity index (χ0n) is 14.6. The van der Waals surface area contributed by atoms with Crippen molar-refractivity contribution < 1.29 is 13.2 Å². The molecule has 0 saturated heterocycles. The van der Waals surface area contributed by atoms with Gasteiger partial charge < -0.3 is 4.90 Å². The third-order valence-electron chi connectivity index (χ3n) is 4.49. The number of anilines is 1. The summed E-state index contributed by atoms with van der Waals surface area (Å²) in [6.07, 6.45) is 0.246. The molecule has 1 amide bonds. The standard InChI is InChI=1S/C19H22N2O3S/c1-14(2)21(13-15-7-5-4-6-8-15)25(23,24)17-9-10-18-16(11-17)12-19(22)20(18)3/h4-11,14H,12-13H2,1-3H3. The first kappa shape index (κ1) is 17.6. The normalized spacial score (nSPS) is 14.4. The van der Waals surface area contributed by atoms with Crippen LogP contribution in [0.3, 0.4) is 0 Å². The third-order valence-corrected chi connectivity index (χ3v) is 6.51. The number of carbonyl (C=O) groups excluding carboxylic acids is 1. The first-order valence-electron chi connectivity index (χ1n) is 8.26. The van der Waals surface area contributed by atoms with Gasteiger partial charge in [0.15, 0.2) is 0 Å². The van der Waals surface area contributed by atoms with Crippen molar-refractivity contribution in [2.75, 3.05) is 11.9 Å². The molecule has 2 aromatic rings. The zero-order chi connectivity index (χ0) is 18.2. The van der Waals surface area contributed by atoms with Crippen molar-refractivity contribution >= 4 is 21.6 Å². The first-order valence-corrected chi connectivity index (χ1v) is 9.70. The number of likely N-dealkylation sites (N-methyl/N-ethyl adjacent to an activating group) is 1. The predicted molar refractivity (Wildman–Crippen MR) is 97.9 cm³/mol. The molecule has 6 heteroatoms. The van der Waals surface area contributed by atoms with E-state index in [1.807, 2.05) is 44.2 Å². The molecular formula is C19H22N2O3S. The Morgan fingerprint density at radius 1 is 1.12 bits per heavy atom. The molecule has 25 heavy (non-hydrogen) atoms. The summed E-state index contributed by atoms with van der Waals surface area (Å²) in [5.41, 5.74) is 2.48. The summed E-state index contributed by atoms with van der Waals surface area (Å²) in [5, 5.41) is 0. The van der Waals surface area contributed by atoms with Gasteiger partial charge in [-0.2, -0.15) is 4.31 Å². The van der Waals surface area contributed by atoms with E-state index in [1.54, 1.807) is 30.1 Å². The van der Waals surface area contributed by atoms with Crippen molar-refractivity contribution in [1.29, 1.82) is 0 Å². The Morgan fingerprint density at radius 2 is 1.80 bits per heavy atom. The summed E-state index contributed by atoms with van der Waals surface area (Å²) in [7, 11) is -1.95. The number of benzene rings is 2. The Morgan fingerprint density at radius 3 is 2.44 bits per heavy atom. The molecule has 132 valence electrons. The Labute approximate surface area is 148 Å². The van der Waals surface area contributed by atoms with Crippen LogP contribution in [0.25, 0.3) is 0 Å². The SMILES string of the molecule is CC(C)N(Cc1ccccc1)S(=O)(=O)c1ccc2c(c1)CC(=O)N2C. The summed E-state index contributed by atoms with van der Waals surface area (Å²) in [6.45, 7) is 4.05. The smallest absolute Gasteiger partial charge is 0.243 e. The third kappa shape index (κ3) is 3.32. The molecule has 1 aliphatic rings. The second kappa shape index (κ2) is 6.61. The van der Waals surface area contributed by atoms with Gasteiger partial charge in [-0.05, 0) is 43.2 Å². The van der Waals surface area contributed by atoms with Crippen molar-refractivity contribution in [2.45, 2.75) is 37.8 Å². The minimum atomic E-state index is -3.65. The van der Waals surface area contributed by atoms with Crippen LogP contribution in [0.4, 0.5) is 5.69 Å². The fourth-order valence-corrected chi connectivity index (χ4v) is 4.73. The molecule has 0 bridgehead atoms. The van der Waals surface area contributed by atoms with E-state index in [4.69, 9.17) is 0 Å². The van der Waals surface area contributed by atoms with Crippen LogP contribution >= 0.6 is 0 Å². The molecular weight excluding hydrogens is 336 g/mol. The largest absolute Gasteiger partial charge is 0.315 e. The van der Waals surface area contributed by atoms with Crippen LogP contribution in [0, 0.1) is 0 Å². The molecule has 5 nitrogen and oxygen atoms in total. The second-order valence-electron chi connectivity index (χ2n) is 6.55. The maximum atomic E-state index is 13.2. The van der Waals surface area contributed by atoms with Gasteiger partial charge in [0.05, 0.1) is 11.3 Å². The van der Waals surface area contributed by atoms with Crippen molar-refractivity contribution in [2.24, 2.45) is 0 Å². The lowest BCUT2D eigenvalue weighted by Crippen LogP contribution is -2.36. The van der Waals surface area contributed by atoms with Gasteiger partial charge >= 0.3 is 0 Å².